The fourth-order valence-corrected chi connectivity index (χ4v) is 1.37. The average molecular weight is 298 g/mol. The van der Waals surface area contributed by atoms with Gasteiger partial charge in [0.05, 0.1) is 5.56 Å². The van der Waals surface area contributed by atoms with Crippen LogP contribution >= 0.6 is 0 Å². The van der Waals surface area contributed by atoms with E-state index in [-0.39, 0.29) is 0 Å². The fourth-order valence-electron chi connectivity index (χ4n) is 1.37. The third-order valence-electron chi connectivity index (χ3n) is 2.51. The maximum Gasteiger partial charge on any atom is 0.221 e. The van der Waals surface area contributed by atoms with Gasteiger partial charge in [0, 0.05) is 5.92 Å². The maximum atomic E-state index is 13.5. The summed E-state index contributed by atoms with van der Waals surface area (Å²) in [7, 11) is 0. The second-order valence-corrected chi connectivity index (χ2v) is 4.23. The van der Waals surface area contributed by atoms with Gasteiger partial charge in [0.2, 0.25) is 17.8 Å². The van der Waals surface area contributed by atoms with Crippen LogP contribution in [0.4, 0.5) is 26.3 Å². The number of halogens is 6. The molecule has 0 amide bonds. The molecule has 0 aliphatic rings. The van der Waals surface area contributed by atoms with Crippen LogP contribution in [0.5, 0.6) is 0 Å². The summed E-state index contributed by atoms with van der Waals surface area (Å²) in [5.41, 5.74) is -1.96. The molecular formula is C12H8F6O2. The minimum absolute atomic E-state index is 0.991. The van der Waals surface area contributed by atoms with Gasteiger partial charge in [-0.2, -0.15) is 0 Å². The molecule has 1 atom stereocenters. The first-order chi connectivity index (χ1) is 9.11. The van der Waals surface area contributed by atoms with E-state index in [2.05, 4.69) is 0 Å². The number of hydrogen-bond donors (Lipinski definition) is 0. The van der Waals surface area contributed by atoms with Crippen LogP contribution in [0.25, 0.3) is 0 Å². The molecule has 1 unspecified atom stereocenters. The Kier molecular flexibility index (Phi) is 4.57. The molecule has 0 saturated heterocycles. The van der Waals surface area contributed by atoms with Gasteiger partial charge in [-0.3, -0.25) is 9.59 Å². The van der Waals surface area contributed by atoms with Crippen LogP contribution in [0, 0.1) is 35.0 Å². The predicted molar refractivity (Wildman–Crippen MR) is 55.3 cm³/mol. The van der Waals surface area contributed by atoms with E-state index in [1.807, 2.05) is 0 Å². The van der Waals surface area contributed by atoms with Crippen LogP contribution < -0.4 is 0 Å². The molecule has 0 heterocycles. The molecule has 1 aromatic carbocycles. The Balaban J connectivity index is 3.41. The van der Waals surface area contributed by atoms with Gasteiger partial charge in [-0.05, 0) is 0 Å². The summed E-state index contributed by atoms with van der Waals surface area (Å²) < 4.78 is 78.5. The number of hydrogen-bond acceptors (Lipinski definition) is 2. The third kappa shape index (κ3) is 2.54. The van der Waals surface area contributed by atoms with Crippen molar-refractivity contribution in [2.45, 2.75) is 20.0 Å². The number of Topliss-reactive ketones (excluding diaryl/α,β-unsaturated/α-hetero) is 2. The van der Waals surface area contributed by atoms with Gasteiger partial charge >= 0.3 is 0 Å². The van der Waals surface area contributed by atoms with Crippen molar-refractivity contribution in [2.24, 2.45) is 5.92 Å². The van der Waals surface area contributed by atoms with Crippen LogP contribution in [0.3, 0.4) is 0 Å². The molecule has 0 aromatic heterocycles. The summed E-state index contributed by atoms with van der Waals surface area (Å²) in [5, 5.41) is 0. The van der Waals surface area contributed by atoms with Gasteiger partial charge in [-0.15, -0.1) is 0 Å². The van der Waals surface area contributed by atoms with Crippen molar-refractivity contribution >= 4 is 11.6 Å². The highest BCUT2D eigenvalue weighted by Gasteiger charge is 2.36. The lowest BCUT2D eigenvalue weighted by Gasteiger charge is -2.11. The van der Waals surface area contributed by atoms with Crippen molar-refractivity contribution in [1.29, 1.82) is 0 Å². The van der Waals surface area contributed by atoms with Crippen molar-refractivity contribution < 1.29 is 35.9 Å². The highest BCUT2D eigenvalue weighted by atomic mass is 19.2. The molecule has 0 spiro atoms. The number of carbonyl (C=O) groups is 2. The summed E-state index contributed by atoms with van der Waals surface area (Å²) in [6.07, 6.45) is -3.00. The maximum absolute atomic E-state index is 13.5. The van der Waals surface area contributed by atoms with Gasteiger partial charge in [0.1, 0.15) is 0 Å². The normalized spacial score (nSPS) is 12.7. The Morgan fingerprint density at radius 1 is 0.800 bits per heavy atom. The van der Waals surface area contributed by atoms with E-state index in [1.54, 1.807) is 0 Å². The summed E-state index contributed by atoms with van der Waals surface area (Å²) in [6, 6.07) is 0. The Labute approximate surface area is 109 Å². The number of benzene rings is 1. The zero-order chi connectivity index (χ0) is 15.8. The molecule has 0 aliphatic carbocycles. The lowest BCUT2D eigenvalue weighted by atomic mass is 9.97. The van der Waals surface area contributed by atoms with Crippen LogP contribution in [0.2, 0.25) is 0 Å². The minimum Gasteiger partial charge on any atom is -0.296 e. The zero-order valence-corrected chi connectivity index (χ0v) is 10.2. The SMILES string of the molecule is CC(C)C(=O)C(F)C(=O)c1c(F)c(F)c(F)c(F)c1F. The lowest BCUT2D eigenvalue weighted by Crippen LogP contribution is -2.31. The Morgan fingerprint density at radius 2 is 1.15 bits per heavy atom. The van der Waals surface area contributed by atoms with Crippen LogP contribution in [-0.4, -0.2) is 17.7 Å². The second-order valence-electron chi connectivity index (χ2n) is 4.23. The number of carbonyl (C=O) groups excluding carboxylic acids is 2. The van der Waals surface area contributed by atoms with Gasteiger partial charge in [-0.1, -0.05) is 13.8 Å². The minimum atomic E-state index is -3.00. The molecular weight excluding hydrogens is 290 g/mol. The van der Waals surface area contributed by atoms with E-state index in [0.29, 0.717) is 0 Å². The van der Waals surface area contributed by atoms with Crippen LogP contribution in [0.15, 0.2) is 0 Å². The quantitative estimate of drug-likeness (QED) is 0.281. The van der Waals surface area contributed by atoms with Crippen LogP contribution in [0.1, 0.15) is 24.2 Å². The highest BCUT2D eigenvalue weighted by molar-refractivity contribution is 6.13. The largest absolute Gasteiger partial charge is 0.296 e. The lowest BCUT2D eigenvalue weighted by molar-refractivity contribution is -0.125. The smallest absolute Gasteiger partial charge is 0.221 e. The highest BCUT2D eigenvalue weighted by Crippen LogP contribution is 2.25. The molecule has 2 nitrogen and oxygen atoms in total. The molecule has 0 N–H and O–H groups in total. The first-order valence-corrected chi connectivity index (χ1v) is 5.34. The molecule has 0 bridgehead atoms. The zero-order valence-electron chi connectivity index (χ0n) is 10.2. The second kappa shape index (κ2) is 5.64. The molecule has 0 fully saturated rings. The first-order valence-electron chi connectivity index (χ1n) is 5.34. The predicted octanol–water partition coefficient (Wildman–Crippen LogP) is 3.13. The molecule has 110 valence electrons. The number of ketones is 2. The Morgan fingerprint density at radius 3 is 1.50 bits per heavy atom. The standard InChI is InChI=1S/C12H8F6O2/c1-3(2)11(19)10(18)12(20)4-5(13)7(15)9(17)8(16)6(4)14/h3,10H,1-2H3. The summed E-state index contributed by atoms with van der Waals surface area (Å²) in [5.74, 6) is -16.6. The summed E-state index contributed by atoms with van der Waals surface area (Å²) >= 11 is 0. The van der Waals surface area contributed by atoms with E-state index >= 15 is 0 Å². The van der Waals surface area contributed by atoms with Crippen molar-refractivity contribution in [3.63, 3.8) is 0 Å². The Bertz CT molecular complexity index is 553. The fraction of sp³-hybridized carbons (Fsp3) is 0.333. The van der Waals surface area contributed by atoms with E-state index in [9.17, 15) is 35.9 Å². The van der Waals surface area contributed by atoms with E-state index in [1.165, 1.54) is 13.8 Å². The van der Waals surface area contributed by atoms with Gasteiger partial charge in [0.25, 0.3) is 0 Å². The molecule has 1 aromatic rings. The molecule has 8 heteroatoms. The number of rotatable bonds is 4. The molecule has 0 aliphatic heterocycles. The average Bonchev–Trinajstić information content (AvgIpc) is 2.41. The van der Waals surface area contributed by atoms with Crippen LogP contribution in [-0.2, 0) is 4.79 Å². The third-order valence-corrected chi connectivity index (χ3v) is 2.51. The Hall–Kier alpha value is -1.86. The van der Waals surface area contributed by atoms with E-state index in [4.69, 9.17) is 0 Å². The van der Waals surface area contributed by atoms with Crippen molar-refractivity contribution in [1.82, 2.24) is 0 Å². The monoisotopic (exact) mass is 298 g/mol. The molecule has 0 saturated carbocycles. The first kappa shape index (κ1) is 16.2. The molecule has 20 heavy (non-hydrogen) atoms. The van der Waals surface area contributed by atoms with Crippen molar-refractivity contribution in [3.05, 3.63) is 34.6 Å². The van der Waals surface area contributed by atoms with E-state index in [0.717, 1.165) is 0 Å². The van der Waals surface area contributed by atoms with Crippen molar-refractivity contribution in [3.8, 4) is 0 Å². The summed E-state index contributed by atoms with van der Waals surface area (Å²) in [4.78, 5) is 22.6. The van der Waals surface area contributed by atoms with Gasteiger partial charge in [0.15, 0.2) is 29.1 Å². The van der Waals surface area contributed by atoms with E-state index < -0.39 is 58.3 Å². The topological polar surface area (TPSA) is 34.1 Å². The van der Waals surface area contributed by atoms with Gasteiger partial charge < -0.3 is 0 Å². The molecule has 1 rings (SSSR count). The van der Waals surface area contributed by atoms with Gasteiger partial charge in [-0.25, -0.2) is 26.3 Å². The number of alkyl halides is 1. The summed E-state index contributed by atoms with van der Waals surface area (Å²) in [6.45, 7) is 2.42. The molecule has 0 radical (unpaired) electrons. The van der Waals surface area contributed by atoms with Crippen molar-refractivity contribution in [2.75, 3.05) is 0 Å².